The number of aryl methyl sites for hydroxylation is 1. The summed E-state index contributed by atoms with van der Waals surface area (Å²) in [5, 5.41) is 1.84. The smallest absolute Gasteiger partial charge is 0.310 e. The number of fused-ring (bicyclic) bond motifs is 1. The van der Waals surface area contributed by atoms with Crippen molar-refractivity contribution in [3.8, 4) is 0 Å². The summed E-state index contributed by atoms with van der Waals surface area (Å²) in [5.41, 5.74) is 4.47. The van der Waals surface area contributed by atoms with Gasteiger partial charge in [0.2, 0.25) is 0 Å². The molecule has 0 radical (unpaired) electrons. The van der Waals surface area contributed by atoms with Crippen molar-refractivity contribution in [2.24, 2.45) is 0 Å². The lowest BCUT2D eigenvalue weighted by Gasteiger charge is -2.41. The van der Waals surface area contributed by atoms with Crippen molar-refractivity contribution < 1.29 is 9.53 Å². The van der Waals surface area contributed by atoms with Crippen molar-refractivity contribution in [3.63, 3.8) is 0 Å². The van der Waals surface area contributed by atoms with Crippen LogP contribution in [0.2, 0.25) is 5.02 Å². The van der Waals surface area contributed by atoms with E-state index in [4.69, 9.17) is 21.3 Å². The monoisotopic (exact) mass is 471 g/mol. The molecule has 0 saturated carbocycles. The van der Waals surface area contributed by atoms with Gasteiger partial charge in [0, 0.05) is 37.2 Å². The molecule has 4 rings (SSSR count). The number of hydrogen-bond donors (Lipinski definition) is 0. The second-order valence-corrected chi connectivity index (χ2v) is 9.85. The molecule has 0 N–H and O–H groups in total. The van der Waals surface area contributed by atoms with Gasteiger partial charge in [0.25, 0.3) is 0 Å². The number of benzene rings is 2. The van der Waals surface area contributed by atoms with Crippen LogP contribution in [-0.2, 0) is 22.5 Å². The fourth-order valence-electron chi connectivity index (χ4n) is 4.45. The maximum Gasteiger partial charge on any atom is 0.310 e. The van der Waals surface area contributed by atoms with Crippen LogP contribution in [0.5, 0.6) is 0 Å². The third-order valence-corrected chi connectivity index (χ3v) is 7.17. The van der Waals surface area contributed by atoms with Crippen LogP contribution in [-0.4, -0.2) is 48.1 Å². The minimum atomic E-state index is -0.166. The summed E-state index contributed by atoms with van der Waals surface area (Å²) in [6, 6.07) is 12.8. The average molecular weight is 472 g/mol. The Morgan fingerprint density at radius 2 is 2.00 bits per heavy atom. The Labute approximate surface area is 199 Å². The van der Waals surface area contributed by atoms with E-state index >= 15 is 0 Å². The second kappa shape index (κ2) is 10.2. The maximum atomic E-state index is 11.9. The zero-order valence-electron chi connectivity index (χ0n) is 18.9. The van der Waals surface area contributed by atoms with Crippen LogP contribution >= 0.6 is 22.9 Å². The molecule has 0 spiro atoms. The number of piperazine rings is 1. The van der Waals surface area contributed by atoms with E-state index in [0.29, 0.717) is 19.1 Å². The average Bonchev–Trinajstić information content (AvgIpc) is 3.16. The Morgan fingerprint density at radius 3 is 2.78 bits per heavy atom. The fourth-order valence-corrected chi connectivity index (χ4v) is 5.79. The summed E-state index contributed by atoms with van der Waals surface area (Å²) in [6.07, 6.45) is 1.39. The molecule has 1 atom stereocenters. The van der Waals surface area contributed by atoms with Crippen LogP contribution in [0.3, 0.4) is 0 Å². The predicted octanol–water partition coefficient (Wildman–Crippen LogP) is 5.46. The topological polar surface area (TPSA) is 45.7 Å². The Balaban J connectivity index is 1.45. The molecule has 0 aliphatic carbocycles. The van der Waals surface area contributed by atoms with Crippen molar-refractivity contribution >= 4 is 44.3 Å². The largest absolute Gasteiger partial charge is 0.466 e. The Kier molecular flexibility index (Phi) is 7.33. The molecule has 0 unspecified atom stereocenters. The van der Waals surface area contributed by atoms with Gasteiger partial charge in [0.1, 0.15) is 0 Å². The molecule has 1 fully saturated rings. The van der Waals surface area contributed by atoms with Gasteiger partial charge >= 0.3 is 5.97 Å². The number of carbonyl (C=O) groups excluding carboxylic acids is 1. The number of esters is 1. The summed E-state index contributed by atoms with van der Waals surface area (Å²) >= 11 is 7.89. The van der Waals surface area contributed by atoms with Crippen LogP contribution in [0, 0.1) is 6.92 Å². The van der Waals surface area contributed by atoms with E-state index in [1.165, 1.54) is 11.1 Å². The lowest BCUT2D eigenvalue weighted by molar-refractivity contribution is -0.142. The minimum absolute atomic E-state index is 0.166. The van der Waals surface area contributed by atoms with Gasteiger partial charge in [-0.1, -0.05) is 53.6 Å². The van der Waals surface area contributed by atoms with Gasteiger partial charge in [-0.05, 0) is 49.6 Å². The molecular formula is C25H30ClN3O2S. The number of carbonyl (C=O) groups is 1. The molecule has 1 aliphatic rings. The molecule has 3 aromatic rings. The van der Waals surface area contributed by atoms with Crippen molar-refractivity contribution in [3.05, 3.63) is 58.1 Å². The Morgan fingerprint density at radius 1 is 1.19 bits per heavy atom. The zero-order valence-corrected chi connectivity index (χ0v) is 20.5. The van der Waals surface area contributed by atoms with Crippen LogP contribution in [0.15, 0.2) is 36.4 Å². The first-order chi connectivity index (χ1) is 15.4. The number of thiazole rings is 1. The number of rotatable bonds is 7. The fraction of sp³-hybridized carbons (Fsp3) is 0.440. The van der Waals surface area contributed by atoms with E-state index in [-0.39, 0.29) is 5.97 Å². The van der Waals surface area contributed by atoms with Crippen LogP contribution < -0.4 is 4.90 Å². The van der Waals surface area contributed by atoms with Crippen LogP contribution in [0.1, 0.15) is 37.0 Å². The highest BCUT2D eigenvalue weighted by atomic mass is 35.5. The van der Waals surface area contributed by atoms with E-state index in [9.17, 15) is 4.79 Å². The van der Waals surface area contributed by atoms with Crippen molar-refractivity contribution in [2.45, 2.75) is 46.2 Å². The van der Waals surface area contributed by atoms with Gasteiger partial charge < -0.3 is 9.64 Å². The third-order valence-electron chi connectivity index (χ3n) is 5.88. The normalized spacial score (nSPS) is 17.1. The van der Waals surface area contributed by atoms with Crippen LogP contribution in [0.4, 0.5) is 5.13 Å². The number of hydrogen-bond acceptors (Lipinski definition) is 6. The van der Waals surface area contributed by atoms with E-state index in [1.807, 2.05) is 25.1 Å². The summed E-state index contributed by atoms with van der Waals surface area (Å²) in [7, 11) is 0. The second-order valence-electron chi connectivity index (χ2n) is 8.41. The van der Waals surface area contributed by atoms with E-state index in [2.05, 4.69) is 41.8 Å². The summed E-state index contributed by atoms with van der Waals surface area (Å²) in [6.45, 7) is 10.4. The molecule has 170 valence electrons. The van der Waals surface area contributed by atoms with Crippen molar-refractivity contribution in [1.29, 1.82) is 0 Å². The zero-order chi connectivity index (χ0) is 22.7. The van der Waals surface area contributed by atoms with Crippen molar-refractivity contribution in [2.75, 3.05) is 31.1 Å². The van der Waals surface area contributed by atoms with Gasteiger partial charge in [-0.2, -0.15) is 0 Å². The van der Waals surface area contributed by atoms with E-state index < -0.39 is 0 Å². The van der Waals surface area contributed by atoms with Gasteiger partial charge in [0.05, 0.1) is 23.2 Å². The first-order valence-electron chi connectivity index (χ1n) is 11.2. The molecule has 0 bridgehead atoms. The van der Waals surface area contributed by atoms with E-state index in [0.717, 1.165) is 58.5 Å². The molecule has 2 heterocycles. The lowest BCUT2D eigenvalue weighted by Crippen LogP contribution is -2.52. The standard InChI is InChI=1S/C25H30ClN3O2S/c1-4-21-16-28(15-19-11-17(3)10-18(12-19)13-24(30)31-5-2)8-9-29(21)25-27-22-7-6-20(26)14-23(22)32-25/h6-7,10-12,14,21H,4-5,8-9,13,15-16H2,1-3H3/t21-/m0/s1. The molecule has 1 aromatic heterocycles. The number of anilines is 1. The van der Waals surface area contributed by atoms with Crippen molar-refractivity contribution in [1.82, 2.24) is 9.88 Å². The first-order valence-corrected chi connectivity index (χ1v) is 12.4. The predicted molar refractivity (Wildman–Crippen MR) is 133 cm³/mol. The number of halogens is 1. The van der Waals surface area contributed by atoms with Gasteiger partial charge in [-0.15, -0.1) is 0 Å². The Bertz CT molecular complexity index is 1100. The Hall–Kier alpha value is -2.15. The number of nitrogens with zero attached hydrogens (tertiary/aromatic N) is 3. The molecule has 1 saturated heterocycles. The molecule has 0 amide bonds. The minimum Gasteiger partial charge on any atom is -0.466 e. The molecule has 5 nitrogen and oxygen atoms in total. The first kappa shape index (κ1) is 23.0. The van der Waals surface area contributed by atoms with Gasteiger partial charge in [-0.25, -0.2) is 4.98 Å². The highest BCUT2D eigenvalue weighted by molar-refractivity contribution is 7.22. The molecule has 32 heavy (non-hydrogen) atoms. The highest BCUT2D eigenvalue weighted by Crippen LogP contribution is 2.33. The summed E-state index contributed by atoms with van der Waals surface area (Å²) in [5.74, 6) is -0.166. The molecule has 2 aromatic carbocycles. The highest BCUT2D eigenvalue weighted by Gasteiger charge is 2.28. The SMILES string of the molecule is CCOC(=O)Cc1cc(C)cc(CN2CCN(c3nc4ccc(Cl)cc4s3)[C@@H](CC)C2)c1. The molecular weight excluding hydrogens is 442 g/mol. The molecule has 7 heteroatoms. The third kappa shape index (κ3) is 5.42. The van der Waals surface area contributed by atoms with E-state index in [1.54, 1.807) is 11.3 Å². The maximum absolute atomic E-state index is 11.9. The molecule has 1 aliphatic heterocycles. The van der Waals surface area contributed by atoms with Crippen LogP contribution in [0.25, 0.3) is 10.2 Å². The van der Waals surface area contributed by atoms with Gasteiger partial charge in [-0.3, -0.25) is 9.69 Å². The lowest BCUT2D eigenvalue weighted by atomic mass is 10.0. The number of aromatic nitrogens is 1. The number of ether oxygens (including phenoxy) is 1. The summed E-state index contributed by atoms with van der Waals surface area (Å²) < 4.78 is 6.26. The van der Waals surface area contributed by atoms with Gasteiger partial charge in [0.15, 0.2) is 5.13 Å². The summed E-state index contributed by atoms with van der Waals surface area (Å²) in [4.78, 5) is 21.8. The quantitative estimate of drug-likeness (QED) is 0.428.